The molecule has 0 aliphatic heterocycles. The molecule has 0 N–H and O–H groups in total. The number of hydrogen-bond acceptors (Lipinski definition) is 2. The Kier molecular flexibility index (Phi) is 11.4. The van der Waals surface area contributed by atoms with E-state index in [1.165, 1.54) is 25.7 Å². The predicted molar refractivity (Wildman–Crippen MR) is 67.1 cm³/mol. The summed E-state index contributed by atoms with van der Waals surface area (Å²) < 4.78 is 7.17. The molecule has 86 valence electrons. The molecule has 0 aromatic carbocycles. The van der Waals surface area contributed by atoms with E-state index in [0.29, 0.717) is 5.54 Å². The number of azide groups is 2. The fourth-order valence-corrected chi connectivity index (χ4v) is 3.08. The first-order chi connectivity index (χ1) is 7.85. The predicted octanol–water partition coefficient (Wildman–Crippen LogP) is 4.02. The largest absolute Gasteiger partial charge is 0.154 e. The number of unbranched alkanes of at least 4 members (excludes halogenated alkanes) is 3. The van der Waals surface area contributed by atoms with Crippen molar-refractivity contribution in [3.05, 3.63) is 20.9 Å². The first kappa shape index (κ1) is 15.1. The van der Waals surface area contributed by atoms with E-state index in [9.17, 15) is 0 Å². The maximum atomic E-state index is 8.28. The van der Waals surface area contributed by atoms with Gasteiger partial charge in [0.05, 0.1) is 0 Å². The first-order valence-electron chi connectivity index (χ1n) is 5.41. The minimum atomic E-state index is 0.268. The molecule has 0 bridgehead atoms. The van der Waals surface area contributed by atoms with Crippen molar-refractivity contribution in [1.82, 2.24) is 0 Å². The Hall–Kier alpha value is -0.946. The van der Waals surface area contributed by atoms with Crippen molar-refractivity contribution >= 4 is 19.4 Å². The number of hydrogen-bond donors (Lipinski definition) is 0. The molecule has 1 atom stereocenters. The Labute approximate surface area is 101 Å². The summed E-state index contributed by atoms with van der Waals surface area (Å²) in [6, 6.07) is 0.855. The highest BCUT2D eigenvalue weighted by molar-refractivity contribution is 6.41. The van der Waals surface area contributed by atoms with Crippen LogP contribution in [-0.2, 0) is 0 Å². The van der Waals surface area contributed by atoms with Crippen LogP contribution in [0.25, 0.3) is 20.9 Å². The Morgan fingerprint density at radius 1 is 1.12 bits per heavy atom. The van der Waals surface area contributed by atoms with Crippen molar-refractivity contribution in [3.63, 3.8) is 0 Å². The average molecular weight is 252 g/mol. The molecular formula is C8H16N6Si2. The molecule has 0 aliphatic carbocycles. The van der Waals surface area contributed by atoms with Crippen LogP contribution in [0.2, 0.25) is 11.6 Å². The molecule has 0 fully saturated rings. The zero-order valence-corrected chi connectivity index (χ0v) is 11.5. The Morgan fingerprint density at radius 2 is 1.88 bits per heavy atom. The number of rotatable bonds is 10. The number of nitrogens with zero attached hydrogens (tertiary/aromatic N) is 6. The molecule has 0 rings (SSSR count). The average Bonchev–Trinajstić information content (AvgIpc) is 2.31. The molecule has 0 aromatic heterocycles. The second-order valence-electron chi connectivity index (χ2n) is 3.42. The maximum absolute atomic E-state index is 8.28. The highest BCUT2D eigenvalue weighted by Gasteiger charge is 2.08. The summed E-state index contributed by atoms with van der Waals surface area (Å²) in [5, 5.41) is 0. The van der Waals surface area contributed by atoms with Crippen molar-refractivity contribution in [2.45, 2.75) is 50.6 Å². The second kappa shape index (κ2) is 12.1. The molecule has 4 radical (unpaired) electrons. The molecule has 0 heterocycles. The highest BCUT2D eigenvalue weighted by Crippen LogP contribution is 2.20. The van der Waals surface area contributed by atoms with Gasteiger partial charge in [0.2, 0.25) is 0 Å². The molecule has 0 spiro atoms. The van der Waals surface area contributed by atoms with Gasteiger partial charge in [-0.15, -0.1) is 9.56 Å². The minimum absolute atomic E-state index is 0.268. The van der Waals surface area contributed by atoms with Crippen LogP contribution in [0.1, 0.15) is 39.0 Å². The standard InChI is InChI=1S/C8H16N6Si2/c1-2-3-4-5-6-8(16-14-12-10)7-15-13-11-9/h8H,2-7H2,1H3. The molecule has 8 heteroatoms. The molecule has 1 unspecified atom stereocenters. The van der Waals surface area contributed by atoms with Gasteiger partial charge in [0.1, 0.15) is 0 Å². The lowest BCUT2D eigenvalue weighted by Crippen LogP contribution is -2.03. The molecular weight excluding hydrogens is 236 g/mol. The van der Waals surface area contributed by atoms with Crippen molar-refractivity contribution in [3.8, 4) is 0 Å². The van der Waals surface area contributed by atoms with E-state index >= 15 is 0 Å². The molecule has 0 aliphatic rings. The Bertz CT molecular complexity index is 259. The van der Waals surface area contributed by atoms with Crippen LogP contribution in [0.4, 0.5) is 0 Å². The summed E-state index contributed by atoms with van der Waals surface area (Å²) in [7, 11) is 0.546. The van der Waals surface area contributed by atoms with Crippen molar-refractivity contribution in [2.24, 2.45) is 9.56 Å². The van der Waals surface area contributed by atoms with E-state index in [-0.39, 0.29) is 19.4 Å². The van der Waals surface area contributed by atoms with Gasteiger partial charge in [-0.2, -0.15) is 0 Å². The summed E-state index contributed by atoms with van der Waals surface area (Å²) >= 11 is 0. The van der Waals surface area contributed by atoms with E-state index < -0.39 is 0 Å². The van der Waals surface area contributed by atoms with Crippen molar-refractivity contribution in [2.75, 3.05) is 0 Å². The van der Waals surface area contributed by atoms with Crippen LogP contribution in [0.15, 0.2) is 9.56 Å². The van der Waals surface area contributed by atoms with Gasteiger partial charge in [-0.3, -0.25) is 0 Å². The van der Waals surface area contributed by atoms with E-state index in [1.807, 2.05) is 0 Å². The lowest BCUT2D eigenvalue weighted by molar-refractivity contribution is 0.621. The van der Waals surface area contributed by atoms with Gasteiger partial charge in [-0.05, 0) is 26.4 Å². The zero-order chi connectivity index (χ0) is 12.1. The fourth-order valence-electron chi connectivity index (χ4n) is 1.32. The molecule has 0 amide bonds. The van der Waals surface area contributed by atoms with Gasteiger partial charge in [0, 0.05) is 0 Å². The van der Waals surface area contributed by atoms with Crippen molar-refractivity contribution < 1.29 is 0 Å². The minimum Gasteiger partial charge on any atom is -0.130 e. The quantitative estimate of drug-likeness (QED) is 0.184. The Morgan fingerprint density at radius 3 is 2.50 bits per heavy atom. The SMILES string of the molecule is CCCCCCC(C[Si]N=[N+]=[N-])[Si]N=[N+]=[N-]. The van der Waals surface area contributed by atoms with Gasteiger partial charge >= 0.3 is 0 Å². The molecule has 0 aromatic rings. The van der Waals surface area contributed by atoms with Gasteiger partial charge < -0.3 is 0 Å². The summed E-state index contributed by atoms with van der Waals surface area (Å²) in [5.41, 5.74) is 16.9. The zero-order valence-electron chi connectivity index (χ0n) is 9.50. The third-order valence-electron chi connectivity index (χ3n) is 2.14. The maximum Gasteiger partial charge on any atom is 0.154 e. The lowest BCUT2D eigenvalue weighted by atomic mass is 10.1. The normalized spacial score (nSPS) is 11.3. The van der Waals surface area contributed by atoms with Crippen LogP contribution in [0.3, 0.4) is 0 Å². The van der Waals surface area contributed by atoms with E-state index in [1.54, 1.807) is 0 Å². The van der Waals surface area contributed by atoms with Gasteiger partial charge in [-0.25, -0.2) is 0 Å². The van der Waals surface area contributed by atoms with E-state index in [0.717, 1.165) is 12.5 Å². The summed E-state index contributed by atoms with van der Waals surface area (Å²) in [6.07, 6.45) is 5.97. The molecule has 0 saturated carbocycles. The fraction of sp³-hybridized carbons (Fsp3) is 1.00. The van der Waals surface area contributed by atoms with Gasteiger partial charge in [0.15, 0.2) is 19.4 Å². The van der Waals surface area contributed by atoms with Gasteiger partial charge in [0.25, 0.3) is 0 Å². The van der Waals surface area contributed by atoms with Crippen LogP contribution in [0, 0.1) is 0 Å². The van der Waals surface area contributed by atoms with Crippen LogP contribution < -0.4 is 0 Å². The molecule has 6 nitrogen and oxygen atoms in total. The second-order valence-corrected chi connectivity index (χ2v) is 5.62. The smallest absolute Gasteiger partial charge is 0.130 e. The van der Waals surface area contributed by atoms with Crippen LogP contribution in [-0.4, -0.2) is 19.4 Å². The van der Waals surface area contributed by atoms with E-state index in [4.69, 9.17) is 11.1 Å². The van der Waals surface area contributed by atoms with E-state index in [2.05, 4.69) is 26.3 Å². The first-order valence-corrected chi connectivity index (χ1v) is 7.59. The third-order valence-corrected chi connectivity index (χ3v) is 4.52. The molecule has 16 heavy (non-hydrogen) atoms. The monoisotopic (exact) mass is 252 g/mol. The highest BCUT2D eigenvalue weighted by atomic mass is 28.2. The summed E-state index contributed by atoms with van der Waals surface area (Å²) in [6.45, 7) is 2.18. The third kappa shape index (κ3) is 9.60. The summed E-state index contributed by atoms with van der Waals surface area (Å²) in [4.78, 5) is 5.52. The van der Waals surface area contributed by atoms with Crippen molar-refractivity contribution in [1.29, 1.82) is 0 Å². The van der Waals surface area contributed by atoms with Gasteiger partial charge in [-0.1, -0.05) is 45.1 Å². The summed E-state index contributed by atoms with van der Waals surface area (Å²) in [5.74, 6) is 0. The molecule has 0 saturated heterocycles. The van der Waals surface area contributed by atoms with Crippen LogP contribution in [0.5, 0.6) is 0 Å². The Balaban J connectivity index is 3.79. The lowest BCUT2D eigenvalue weighted by Gasteiger charge is -2.11. The topological polar surface area (TPSA) is 97.5 Å². The van der Waals surface area contributed by atoms with Crippen LogP contribution >= 0.6 is 0 Å².